The number of benzene rings is 1. The lowest BCUT2D eigenvalue weighted by Gasteiger charge is -2.28. The van der Waals surface area contributed by atoms with Crippen molar-refractivity contribution in [2.24, 2.45) is 4.99 Å². The minimum absolute atomic E-state index is 0.0326. The standard InChI is InChI=1S/C16H20ClNO3/c1-11(2)21-15-13(20-3)7-6-12(17)14(15)16(18-10-19)8-4-5-9-16/h6-7,11H,4-5,8-9H2,1-3H3. The third-order valence-electron chi connectivity index (χ3n) is 3.80. The van der Waals surface area contributed by atoms with Crippen LogP contribution in [0.5, 0.6) is 11.5 Å². The van der Waals surface area contributed by atoms with Gasteiger partial charge in [0, 0.05) is 5.56 Å². The number of halogens is 1. The van der Waals surface area contributed by atoms with E-state index in [2.05, 4.69) is 4.99 Å². The number of carbonyl (C=O) groups excluding carboxylic acids is 1. The summed E-state index contributed by atoms with van der Waals surface area (Å²) in [5, 5.41) is 0.548. The van der Waals surface area contributed by atoms with Crippen molar-refractivity contribution in [2.45, 2.75) is 51.2 Å². The van der Waals surface area contributed by atoms with E-state index in [-0.39, 0.29) is 6.10 Å². The minimum Gasteiger partial charge on any atom is -0.493 e. The van der Waals surface area contributed by atoms with Crippen LogP contribution in [0.25, 0.3) is 0 Å². The fourth-order valence-electron chi connectivity index (χ4n) is 2.95. The summed E-state index contributed by atoms with van der Waals surface area (Å²) in [6.45, 7) is 3.88. The highest BCUT2D eigenvalue weighted by atomic mass is 35.5. The predicted molar refractivity (Wildman–Crippen MR) is 82.0 cm³/mol. The van der Waals surface area contributed by atoms with Gasteiger partial charge >= 0.3 is 0 Å². The monoisotopic (exact) mass is 309 g/mol. The highest BCUT2D eigenvalue weighted by molar-refractivity contribution is 6.31. The maximum Gasteiger partial charge on any atom is 0.235 e. The zero-order valence-corrected chi connectivity index (χ0v) is 13.4. The Bertz CT molecular complexity index is 559. The molecule has 0 spiro atoms. The van der Waals surface area contributed by atoms with Gasteiger partial charge in [0.2, 0.25) is 6.08 Å². The number of ether oxygens (including phenoxy) is 2. The van der Waals surface area contributed by atoms with E-state index >= 15 is 0 Å². The molecule has 0 N–H and O–H groups in total. The van der Waals surface area contributed by atoms with Crippen LogP contribution in [0, 0.1) is 0 Å². The van der Waals surface area contributed by atoms with E-state index in [0.717, 1.165) is 31.2 Å². The van der Waals surface area contributed by atoms with Crippen LogP contribution in [0.2, 0.25) is 5.02 Å². The second-order valence-electron chi connectivity index (χ2n) is 5.56. The van der Waals surface area contributed by atoms with Gasteiger partial charge in [-0.3, -0.25) is 0 Å². The van der Waals surface area contributed by atoms with Gasteiger partial charge in [0.1, 0.15) is 5.54 Å². The molecule has 4 nitrogen and oxygen atoms in total. The Morgan fingerprint density at radius 1 is 1.33 bits per heavy atom. The smallest absolute Gasteiger partial charge is 0.235 e. The molecular weight excluding hydrogens is 290 g/mol. The van der Waals surface area contributed by atoms with E-state index in [9.17, 15) is 4.79 Å². The summed E-state index contributed by atoms with van der Waals surface area (Å²) in [6, 6.07) is 3.54. The van der Waals surface area contributed by atoms with E-state index in [1.165, 1.54) is 0 Å². The lowest BCUT2D eigenvalue weighted by Crippen LogP contribution is -2.22. The van der Waals surface area contributed by atoms with Crippen LogP contribution in [0.4, 0.5) is 0 Å². The summed E-state index contributed by atoms with van der Waals surface area (Å²) < 4.78 is 11.3. The molecule has 1 aliphatic carbocycles. The number of hydrogen-bond donors (Lipinski definition) is 0. The summed E-state index contributed by atoms with van der Waals surface area (Å²) in [6.07, 6.45) is 5.22. The topological polar surface area (TPSA) is 47.9 Å². The van der Waals surface area contributed by atoms with Gasteiger partial charge in [-0.15, -0.1) is 0 Å². The first-order valence-corrected chi connectivity index (χ1v) is 7.54. The van der Waals surface area contributed by atoms with Gasteiger partial charge in [-0.2, -0.15) is 4.99 Å². The molecule has 5 heteroatoms. The van der Waals surface area contributed by atoms with Crippen LogP contribution in [-0.2, 0) is 10.3 Å². The van der Waals surface area contributed by atoms with Crippen molar-refractivity contribution in [3.63, 3.8) is 0 Å². The Balaban J connectivity index is 2.67. The Hall–Kier alpha value is -1.51. The summed E-state index contributed by atoms with van der Waals surface area (Å²) in [7, 11) is 1.59. The van der Waals surface area contributed by atoms with Crippen molar-refractivity contribution in [1.29, 1.82) is 0 Å². The van der Waals surface area contributed by atoms with Crippen LogP contribution >= 0.6 is 11.6 Å². The average Bonchev–Trinajstić information content (AvgIpc) is 2.88. The first-order valence-electron chi connectivity index (χ1n) is 7.17. The quantitative estimate of drug-likeness (QED) is 0.603. The number of methoxy groups -OCH3 is 1. The molecule has 1 fully saturated rings. The number of hydrogen-bond acceptors (Lipinski definition) is 4. The average molecular weight is 310 g/mol. The Kier molecular flexibility index (Phi) is 4.92. The molecule has 1 saturated carbocycles. The molecule has 0 unspecified atom stereocenters. The third kappa shape index (κ3) is 3.07. The third-order valence-corrected chi connectivity index (χ3v) is 4.11. The Labute approximate surface area is 130 Å². The summed E-state index contributed by atoms with van der Waals surface area (Å²) >= 11 is 6.42. The molecule has 0 saturated heterocycles. The van der Waals surface area contributed by atoms with Crippen molar-refractivity contribution >= 4 is 17.7 Å². The highest BCUT2D eigenvalue weighted by Crippen LogP contribution is 2.51. The molecule has 1 aromatic rings. The van der Waals surface area contributed by atoms with Crippen LogP contribution in [-0.4, -0.2) is 19.3 Å². The molecule has 1 aliphatic rings. The fraction of sp³-hybridized carbons (Fsp3) is 0.562. The van der Waals surface area contributed by atoms with Gasteiger partial charge in [-0.1, -0.05) is 24.4 Å². The van der Waals surface area contributed by atoms with Gasteiger partial charge in [-0.25, -0.2) is 4.79 Å². The molecule has 0 radical (unpaired) electrons. The van der Waals surface area contributed by atoms with Crippen molar-refractivity contribution in [3.8, 4) is 11.5 Å². The van der Waals surface area contributed by atoms with E-state index in [1.54, 1.807) is 25.3 Å². The van der Waals surface area contributed by atoms with Crippen molar-refractivity contribution in [1.82, 2.24) is 0 Å². The fourth-order valence-corrected chi connectivity index (χ4v) is 3.28. The van der Waals surface area contributed by atoms with Crippen molar-refractivity contribution in [3.05, 3.63) is 22.7 Å². The summed E-state index contributed by atoms with van der Waals surface area (Å²) in [5.74, 6) is 1.19. The zero-order valence-electron chi connectivity index (χ0n) is 12.6. The molecule has 21 heavy (non-hydrogen) atoms. The summed E-state index contributed by atoms with van der Waals surface area (Å²) in [5.41, 5.74) is 0.107. The second-order valence-corrected chi connectivity index (χ2v) is 5.97. The SMILES string of the molecule is COc1ccc(Cl)c(C2(N=C=O)CCCC2)c1OC(C)C. The van der Waals surface area contributed by atoms with Crippen molar-refractivity contribution < 1.29 is 14.3 Å². The molecule has 0 aliphatic heterocycles. The van der Waals surface area contributed by atoms with Crippen LogP contribution < -0.4 is 9.47 Å². The molecule has 114 valence electrons. The lowest BCUT2D eigenvalue weighted by atomic mass is 9.87. The minimum atomic E-state index is -0.641. The van der Waals surface area contributed by atoms with E-state index < -0.39 is 5.54 Å². The first-order chi connectivity index (χ1) is 10.0. The Morgan fingerprint density at radius 3 is 2.52 bits per heavy atom. The number of rotatable bonds is 5. The maximum atomic E-state index is 10.9. The second kappa shape index (κ2) is 6.50. The zero-order chi connectivity index (χ0) is 15.5. The predicted octanol–water partition coefficient (Wildman–Crippen LogP) is 4.24. The molecule has 0 bridgehead atoms. The summed E-state index contributed by atoms with van der Waals surface area (Å²) in [4.78, 5) is 15.0. The number of isocyanates is 1. The molecule has 2 rings (SSSR count). The Morgan fingerprint density at radius 2 is 2.00 bits per heavy atom. The lowest BCUT2D eigenvalue weighted by molar-refractivity contribution is 0.222. The van der Waals surface area contributed by atoms with Crippen LogP contribution in [0.15, 0.2) is 17.1 Å². The van der Waals surface area contributed by atoms with E-state index in [1.807, 2.05) is 13.8 Å². The molecule has 1 aromatic carbocycles. The highest BCUT2D eigenvalue weighted by Gasteiger charge is 2.41. The molecule has 0 atom stereocenters. The molecule has 0 aromatic heterocycles. The van der Waals surface area contributed by atoms with Gasteiger partial charge < -0.3 is 9.47 Å². The first kappa shape index (κ1) is 15.9. The largest absolute Gasteiger partial charge is 0.493 e. The van der Waals surface area contributed by atoms with Gasteiger partial charge in [0.25, 0.3) is 0 Å². The van der Waals surface area contributed by atoms with Crippen LogP contribution in [0.3, 0.4) is 0 Å². The van der Waals surface area contributed by atoms with E-state index in [4.69, 9.17) is 21.1 Å². The normalized spacial score (nSPS) is 16.6. The van der Waals surface area contributed by atoms with Crippen LogP contribution in [0.1, 0.15) is 45.1 Å². The molecule has 0 amide bonds. The molecular formula is C16H20ClNO3. The maximum absolute atomic E-state index is 10.9. The van der Waals surface area contributed by atoms with Crippen molar-refractivity contribution in [2.75, 3.05) is 7.11 Å². The van der Waals surface area contributed by atoms with Gasteiger partial charge in [-0.05, 0) is 38.8 Å². The molecule has 0 heterocycles. The number of aliphatic imine (C=N–C) groups is 1. The van der Waals surface area contributed by atoms with E-state index in [0.29, 0.717) is 16.5 Å². The van der Waals surface area contributed by atoms with Gasteiger partial charge in [0.15, 0.2) is 11.5 Å². The van der Waals surface area contributed by atoms with Gasteiger partial charge in [0.05, 0.1) is 18.2 Å². The number of nitrogens with zero attached hydrogens (tertiary/aromatic N) is 1.